The van der Waals surface area contributed by atoms with Crippen molar-refractivity contribution in [1.29, 1.82) is 0 Å². The highest BCUT2D eigenvalue weighted by molar-refractivity contribution is 7.99. The minimum atomic E-state index is -0.940. The number of hydrogen-bond acceptors (Lipinski definition) is 5. The van der Waals surface area contributed by atoms with E-state index in [1.807, 2.05) is 20.2 Å². The number of nitrogens with zero attached hydrogens (tertiary/aromatic N) is 2. The SMILES string of the molecule is CCOC(=O)C(C)(N)CC(C)Sc1cnn(C)c1. The highest BCUT2D eigenvalue weighted by Crippen LogP contribution is 2.27. The summed E-state index contributed by atoms with van der Waals surface area (Å²) in [5, 5.41) is 4.32. The van der Waals surface area contributed by atoms with Crippen LogP contribution in [0.4, 0.5) is 0 Å². The Balaban J connectivity index is 2.53. The Labute approximate surface area is 112 Å². The van der Waals surface area contributed by atoms with Crippen LogP contribution in [0.3, 0.4) is 0 Å². The third-order valence-electron chi connectivity index (χ3n) is 2.47. The van der Waals surface area contributed by atoms with Gasteiger partial charge in [-0.25, -0.2) is 0 Å². The standard InChI is InChI=1S/C12H21N3O2S/c1-5-17-11(16)12(3,13)6-9(2)18-10-7-14-15(4)8-10/h7-9H,5-6,13H2,1-4H3. The molecule has 0 aliphatic rings. The van der Waals surface area contributed by atoms with E-state index in [0.717, 1.165) is 4.90 Å². The third kappa shape index (κ3) is 4.34. The van der Waals surface area contributed by atoms with Gasteiger partial charge in [0, 0.05) is 23.4 Å². The van der Waals surface area contributed by atoms with E-state index in [2.05, 4.69) is 5.10 Å². The van der Waals surface area contributed by atoms with Gasteiger partial charge in [0.15, 0.2) is 0 Å². The second-order valence-corrected chi connectivity index (χ2v) is 6.13. The topological polar surface area (TPSA) is 70.1 Å². The van der Waals surface area contributed by atoms with Crippen molar-refractivity contribution in [3.05, 3.63) is 12.4 Å². The fourth-order valence-corrected chi connectivity index (χ4v) is 2.93. The van der Waals surface area contributed by atoms with Gasteiger partial charge >= 0.3 is 5.97 Å². The van der Waals surface area contributed by atoms with Crippen LogP contribution in [-0.4, -0.2) is 33.1 Å². The lowest BCUT2D eigenvalue weighted by Gasteiger charge is -2.25. The number of esters is 1. The lowest BCUT2D eigenvalue weighted by atomic mass is 9.98. The summed E-state index contributed by atoms with van der Waals surface area (Å²) in [5.41, 5.74) is 5.06. The van der Waals surface area contributed by atoms with Crippen molar-refractivity contribution in [2.45, 2.75) is 42.9 Å². The van der Waals surface area contributed by atoms with E-state index in [1.54, 1.807) is 36.5 Å². The van der Waals surface area contributed by atoms with E-state index >= 15 is 0 Å². The highest BCUT2D eigenvalue weighted by atomic mass is 32.2. The van der Waals surface area contributed by atoms with Gasteiger partial charge in [-0.1, -0.05) is 6.92 Å². The quantitative estimate of drug-likeness (QED) is 0.628. The van der Waals surface area contributed by atoms with Crippen molar-refractivity contribution in [3.63, 3.8) is 0 Å². The number of aryl methyl sites for hydroxylation is 1. The molecule has 0 radical (unpaired) electrons. The highest BCUT2D eigenvalue weighted by Gasteiger charge is 2.32. The summed E-state index contributed by atoms with van der Waals surface area (Å²) >= 11 is 1.66. The zero-order valence-electron chi connectivity index (χ0n) is 11.3. The van der Waals surface area contributed by atoms with Crippen molar-refractivity contribution in [3.8, 4) is 0 Å². The van der Waals surface area contributed by atoms with Crippen molar-refractivity contribution in [1.82, 2.24) is 9.78 Å². The van der Waals surface area contributed by atoms with Gasteiger partial charge < -0.3 is 10.5 Å². The smallest absolute Gasteiger partial charge is 0.325 e. The maximum atomic E-state index is 11.7. The average molecular weight is 271 g/mol. The van der Waals surface area contributed by atoms with Crippen LogP contribution in [0.15, 0.2) is 17.3 Å². The molecule has 0 bridgehead atoms. The number of carbonyl (C=O) groups is 1. The number of aromatic nitrogens is 2. The zero-order chi connectivity index (χ0) is 13.8. The van der Waals surface area contributed by atoms with Crippen LogP contribution in [0, 0.1) is 0 Å². The first-order valence-electron chi connectivity index (χ1n) is 5.96. The molecule has 0 spiro atoms. The van der Waals surface area contributed by atoms with Gasteiger partial charge in [0.2, 0.25) is 0 Å². The predicted octanol–water partition coefficient (Wildman–Crippen LogP) is 1.57. The molecule has 2 atom stereocenters. The van der Waals surface area contributed by atoms with E-state index < -0.39 is 5.54 Å². The van der Waals surface area contributed by atoms with Gasteiger partial charge in [-0.3, -0.25) is 9.48 Å². The minimum Gasteiger partial charge on any atom is -0.465 e. The first kappa shape index (κ1) is 15.0. The number of rotatable bonds is 6. The molecule has 0 aromatic carbocycles. The van der Waals surface area contributed by atoms with Crippen LogP contribution in [-0.2, 0) is 16.6 Å². The molecule has 1 aromatic heterocycles. The van der Waals surface area contributed by atoms with Crippen molar-refractivity contribution in [2.24, 2.45) is 12.8 Å². The molecule has 102 valence electrons. The molecular weight excluding hydrogens is 250 g/mol. The van der Waals surface area contributed by atoms with E-state index in [4.69, 9.17) is 10.5 Å². The maximum Gasteiger partial charge on any atom is 0.325 e. The molecule has 2 N–H and O–H groups in total. The Morgan fingerprint density at radius 1 is 1.72 bits per heavy atom. The van der Waals surface area contributed by atoms with Crippen molar-refractivity contribution >= 4 is 17.7 Å². The summed E-state index contributed by atoms with van der Waals surface area (Å²) in [6, 6.07) is 0. The van der Waals surface area contributed by atoms with Crippen LogP contribution in [0.1, 0.15) is 27.2 Å². The molecular formula is C12H21N3O2S. The van der Waals surface area contributed by atoms with Gasteiger partial charge in [0.25, 0.3) is 0 Å². The zero-order valence-corrected chi connectivity index (χ0v) is 12.2. The van der Waals surface area contributed by atoms with Gasteiger partial charge in [-0.05, 0) is 20.3 Å². The molecule has 18 heavy (non-hydrogen) atoms. The summed E-state index contributed by atoms with van der Waals surface area (Å²) < 4.78 is 6.72. The average Bonchev–Trinajstić information content (AvgIpc) is 2.63. The van der Waals surface area contributed by atoms with Crippen LogP contribution >= 0.6 is 11.8 Å². The molecule has 1 heterocycles. The Kier molecular flexibility index (Phi) is 5.22. The fraction of sp³-hybridized carbons (Fsp3) is 0.667. The summed E-state index contributed by atoms with van der Waals surface area (Å²) in [7, 11) is 1.88. The van der Waals surface area contributed by atoms with Crippen molar-refractivity contribution < 1.29 is 9.53 Å². The second-order valence-electron chi connectivity index (χ2n) is 4.62. The molecule has 5 nitrogen and oxygen atoms in total. The lowest BCUT2D eigenvalue weighted by Crippen LogP contribution is -2.47. The summed E-state index contributed by atoms with van der Waals surface area (Å²) in [6.07, 6.45) is 4.31. The fourth-order valence-electron chi connectivity index (χ4n) is 1.71. The molecule has 0 fully saturated rings. The van der Waals surface area contributed by atoms with E-state index in [-0.39, 0.29) is 11.2 Å². The largest absolute Gasteiger partial charge is 0.465 e. The molecule has 0 saturated heterocycles. The van der Waals surface area contributed by atoms with Crippen molar-refractivity contribution in [2.75, 3.05) is 6.61 Å². The second kappa shape index (κ2) is 6.24. The normalized spacial score (nSPS) is 16.1. The van der Waals surface area contributed by atoms with Crippen LogP contribution in [0.5, 0.6) is 0 Å². The number of nitrogens with two attached hydrogens (primary N) is 1. The number of carbonyl (C=O) groups excluding carboxylic acids is 1. The number of hydrogen-bond donors (Lipinski definition) is 1. The Bertz CT molecular complexity index is 404. The molecule has 0 saturated carbocycles. The predicted molar refractivity (Wildman–Crippen MR) is 72.4 cm³/mol. The summed E-state index contributed by atoms with van der Waals surface area (Å²) in [4.78, 5) is 12.8. The minimum absolute atomic E-state index is 0.216. The number of ether oxygens (including phenoxy) is 1. The maximum absolute atomic E-state index is 11.7. The molecule has 0 aliphatic heterocycles. The Hall–Kier alpha value is -1.01. The van der Waals surface area contributed by atoms with Gasteiger partial charge in [-0.2, -0.15) is 5.10 Å². The van der Waals surface area contributed by atoms with Gasteiger partial charge in [0.05, 0.1) is 12.8 Å². The van der Waals surface area contributed by atoms with E-state index in [1.165, 1.54) is 0 Å². The number of thioether (sulfide) groups is 1. The summed E-state index contributed by atoms with van der Waals surface area (Å²) in [6.45, 7) is 5.89. The molecule has 1 rings (SSSR count). The van der Waals surface area contributed by atoms with Gasteiger partial charge in [0.1, 0.15) is 5.54 Å². The molecule has 0 amide bonds. The van der Waals surface area contributed by atoms with E-state index in [9.17, 15) is 4.79 Å². The summed E-state index contributed by atoms with van der Waals surface area (Å²) in [5.74, 6) is -0.344. The third-order valence-corrected chi connectivity index (χ3v) is 3.52. The lowest BCUT2D eigenvalue weighted by molar-refractivity contribution is -0.149. The first-order valence-corrected chi connectivity index (χ1v) is 6.84. The molecule has 6 heteroatoms. The Morgan fingerprint density at radius 2 is 2.39 bits per heavy atom. The monoisotopic (exact) mass is 271 g/mol. The van der Waals surface area contributed by atoms with E-state index in [0.29, 0.717) is 13.0 Å². The van der Waals surface area contributed by atoms with Crippen LogP contribution < -0.4 is 5.73 Å². The van der Waals surface area contributed by atoms with Crippen LogP contribution in [0.25, 0.3) is 0 Å². The molecule has 2 unspecified atom stereocenters. The molecule has 1 aromatic rings. The molecule has 0 aliphatic carbocycles. The first-order chi connectivity index (χ1) is 8.35. The van der Waals surface area contributed by atoms with Gasteiger partial charge in [-0.15, -0.1) is 11.8 Å². The Morgan fingerprint density at radius 3 is 2.89 bits per heavy atom. The van der Waals surface area contributed by atoms with Crippen LogP contribution in [0.2, 0.25) is 0 Å².